The number of carbonyl (C=O) groups excluding carboxylic acids is 2. The van der Waals surface area contributed by atoms with Crippen LogP contribution in [-0.4, -0.2) is 18.3 Å². The molecule has 0 saturated carbocycles. The minimum absolute atomic E-state index is 0.0682. The number of hydrogen-bond acceptors (Lipinski definition) is 5. The van der Waals surface area contributed by atoms with E-state index in [2.05, 4.69) is 20.8 Å². The first-order valence-corrected chi connectivity index (χ1v) is 8.59. The second-order valence-corrected chi connectivity index (χ2v) is 7.33. The normalized spacial score (nSPS) is 14.7. The fourth-order valence-electron chi connectivity index (χ4n) is 2.68. The van der Waals surface area contributed by atoms with E-state index in [4.69, 9.17) is 15.3 Å². The van der Waals surface area contributed by atoms with Crippen molar-refractivity contribution in [2.24, 2.45) is 5.84 Å². The number of carbonyl (C=O) groups is 2. The molecule has 2 aromatic carbocycles. The summed E-state index contributed by atoms with van der Waals surface area (Å²) in [4.78, 5) is 23.7. The molecule has 0 radical (unpaired) electrons. The minimum Gasteiger partial charge on any atom is -0.484 e. The van der Waals surface area contributed by atoms with E-state index in [1.165, 1.54) is 5.56 Å². The molecule has 6 heteroatoms. The lowest BCUT2D eigenvalue weighted by Gasteiger charge is -2.18. The highest BCUT2D eigenvalue weighted by Gasteiger charge is 2.27. The van der Waals surface area contributed by atoms with Gasteiger partial charge in [-0.15, -0.1) is 0 Å². The largest absolute Gasteiger partial charge is 0.484 e. The standard InChI is InChI=1S/C21H22N2O4/c1-21(2,3)14-6-4-13(5-7-14)10-18-20(25)16-9-8-15(11-17(16)27-18)26-12-19(24)23-22/h4-11H,12,22H2,1-3H3,(H,23,24). The number of benzene rings is 2. The lowest BCUT2D eigenvalue weighted by atomic mass is 9.86. The van der Waals surface area contributed by atoms with Crippen molar-refractivity contribution in [2.75, 3.05) is 6.61 Å². The van der Waals surface area contributed by atoms with Crippen molar-refractivity contribution in [2.45, 2.75) is 26.2 Å². The van der Waals surface area contributed by atoms with Gasteiger partial charge in [0.1, 0.15) is 11.5 Å². The van der Waals surface area contributed by atoms with Gasteiger partial charge in [-0.2, -0.15) is 0 Å². The van der Waals surface area contributed by atoms with Gasteiger partial charge in [0.05, 0.1) is 5.56 Å². The number of amides is 1. The highest BCUT2D eigenvalue weighted by molar-refractivity contribution is 6.14. The number of fused-ring (bicyclic) bond motifs is 1. The van der Waals surface area contributed by atoms with Crippen molar-refractivity contribution in [1.82, 2.24) is 5.43 Å². The number of nitrogens with two attached hydrogens (primary N) is 1. The maximum Gasteiger partial charge on any atom is 0.271 e. The number of rotatable bonds is 4. The van der Waals surface area contributed by atoms with Gasteiger partial charge in [-0.25, -0.2) is 5.84 Å². The molecule has 3 N–H and O–H groups in total. The van der Waals surface area contributed by atoms with E-state index in [0.717, 1.165) is 5.56 Å². The molecule has 2 aromatic rings. The average Bonchev–Trinajstić information content (AvgIpc) is 2.94. The molecule has 140 valence electrons. The Bertz CT molecular complexity index is 909. The third kappa shape index (κ3) is 4.17. The van der Waals surface area contributed by atoms with Crippen molar-refractivity contribution in [3.05, 3.63) is 64.9 Å². The molecule has 6 nitrogen and oxygen atoms in total. The van der Waals surface area contributed by atoms with Crippen LogP contribution in [0.15, 0.2) is 48.2 Å². The molecule has 27 heavy (non-hydrogen) atoms. The van der Waals surface area contributed by atoms with Gasteiger partial charge in [0, 0.05) is 6.07 Å². The first-order valence-electron chi connectivity index (χ1n) is 8.59. The van der Waals surface area contributed by atoms with E-state index in [1.54, 1.807) is 24.3 Å². The zero-order valence-corrected chi connectivity index (χ0v) is 15.5. The maximum atomic E-state index is 12.5. The zero-order chi connectivity index (χ0) is 19.6. The van der Waals surface area contributed by atoms with Crippen LogP contribution in [0.5, 0.6) is 11.5 Å². The summed E-state index contributed by atoms with van der Waals surface area (Å²) in [5.41, 5.74) is 4.62. The minimum atomic E-state index is -0.452. The first kappa shape index (κ1) is 18.7. The Labute approximate surface area is 157 Å². The van der Waals surface area contributed by atoms with E-state index in [1.807, 2.05) is 29.7 Å². The molecule has 1 aliphatic heterocycles. The second-order valence-electron chi connectivity index (χ2n) is 7.33. The van der Waals surface area contributed by atoms with Crippen molar-refractivity contribution < 1.29 is 19.1 Å². The average molecular weight is 366 g/mol. The predicted molar refractivity (Wildman–Crippen MR) is 102 cm³/mol. The molecular formula is C21H22N2O4. The van der Waals surface area contributed by atoms with E-state index >= 15 is 0 Å². The fourth-order valence-corrected chi connectivity index (χ4v) is 2.68. The molecule has 1 aliphatic rings. The van der Waals surface area contributed by atoms with E-state index in [-0.39, 0.29) is 23.6 Å². The van der Waals surface area contributed by atoms with Crippen LogP contribution in [0.3, 0.4) is 0 Å². The third-order valence-electron chi connectivity index (χ3n) is 4.25. The Morgan fingerprint density at radius 3 is 2.52 bits per heavy atom. The number of hydrazine groups is 1. The van der Waals surface area contributed by atoms with Crippen LogP contribution in [0.25, 0.3) is 6.08 Å². The van der Waals surface area contributed by atoms with Gasteiger partial charge in [0.15, 0.2) is 12.4 Å². The summed E-state index contributed by atoms with van der Waals surface area (Å²) in [7, 11) is 0. The zero-order valence-electron chi connectivity index (χ0n) is 15.5. The maximum absolute atomic E-state index is 12.5. The van der Waals surface area contributed by atoms with Crippen LogP contribution >= 0.6 is 0 Å². The molecule has 0 unspecified atom stereocenters. The molecule has 1 heterocycles. The lowest BCUT2D eigenvalue weighted by Crippen LogP contribution is -2.34. The molecule has 0 spiro atoms. The number of ketones is 1. The molecule has 0 saturated heterocycles. The summed E-state index contributed by atoms with van der Waals surface area (Å²) in [6, 6.07) is 12.9. The summed E-state index contributed by atoms with van der Waals surface area (Å²) < 4.78 is 11.0. The van der Waals surface area contributed by atoms with Crippen molar-refractivity contribution >= 4 is 17.8 Å². The van der Waals surface area contributed by atoms with Gasteiger partial charge in [0.25, 0.3) is 5.91 Å². The van der Waals surface area contributed by atoms with Gasteiger partial charge in [0.2, 0.25) is 5.78 Å². The monoisotopic (exact) mass is 366 g/mol. The predicted octanol–water partition coefficient (Wildman–Crippen LogP) is 2.97. The van der Waals surface area contributed by atoms with E-state index in [9.17, 15) is 9.59 Å². The Kier molecular flexibility index (Phi) is 5.01. The van der Waals surface area contributed by atoms with E-state index < -0.39 is 5.91 Å². The highest BCUT2D eigenvalue weighted by Crippen LogP contribution is 2.35. The topological polar surface area (TPSA) is 90.7 Å². The van der Waals surface area contributed by atoms with Crippen molar-refractivity contribution in [3.8, 4) is 11.5 Å². The first-order chi connectivity index (χ1) is 12.8. The molecule has 0 fully saturated rings. The van der Waals surface area contributed by atoms with Crippen LogP contribution in [0.4, 0.5) is 0 Å². The van der Waals surface area contributed by atoms with Crippen molar-refractivity contribution in [3.63, 3.8) is 0 Å². The van der Waals surface area contributed by atoms with Gasteiger partial charge in [-0.05, 0) is 34.8 Å². The molecule has 0 bridgehead atoms. The summed E-state index contributed by atoms with van der Waals surface area (Å²) in [5.74, 6) is 5.45. The molecule has 0 atom stereocenters. The quantitative estimate of drug-likeness (QED) is 0.376. The SMILES string of the molecule is CC(C)(C)c1ccc(C=C2Oc3cc(OCC(=O)NN)ccc3C2=O)cc1. The van der Waals surface area contributed by atoms with Gasteiger partial charge >= 0.3 is 0 Å². The Morgan fingerprint density at radius 2 is 1.89 bits per heavy atom. The van der Waals surface area contributed by atoms with Crippen molar-refractivity contribution in [1.29, 1.82) is 0 Å². The fraction of sp³-hybridized carbons (Fsp3) is 0.238. The van der Waals surface area contributed by atoms with Crippen LogP contribution in [-0.2, 0) is 10.2 Å². The van der Waals surface area contributed by atoms with Crippen LogP contribution in [0, 0.1) is 0 Å². The number of nitrogens with one attached hydrogen (secondary N) is 1. The summed E-state index contributed by atoms with van der Waals surface area (Å²) in [6.07, 6.45) is 1.72. The lowest BCUT2D eigenvalue weighted by molar-refractivity contribution is -0.123. The number of ether oxygens (including phenoxy) is 2. The summed E-state index contributed by atoms with van der Waals surface area (Å²) in [6.45, 7) is 6.23. The smallest absolute Gasteiger partial charge is 0.271 e. The highest BCUT2D eigenvalue weighted by atomic mass is 16.5. The number of hydrogen-bond donors (Lipinski definition) is 2. The number of allylic oxidation sites excluding steroid dienone is 1. The van der Waals surface area contributed by atoms with E-state index in [0.29, 0.717) is 17.1 Å². The Balaban J connectivity index is 1.77. The van der Waals surface area contributed by atoms with Gasteiger partial charge in [-0.3, -0.25) is 15.0 Å². The molecule has 3 rings (SSSR count). The second kappa shape index (κ2) is 7.25. The van der Waals surface area contributed by atoms with Crippen LogP contribution < -0.4 is 20.7 Å². The van der Waals surface area contributed by atoms with Crippen LogP contribution in [0.1, 0.15) is 42.3 Å². The third-order valence-corrected chi connectivity index (χ3v) is 4.25. The van der Waals surface area contributed by atoms with Crippen LogP contribution in [0.2, 0.25) is 0 Å². The summed E-state index contributed by atoms with van der Waals surface area (Å²) >= 11 is 0. The number of Topliss-reactive ketones (excluding diaryl/α,β-unsaturated/α-hetero) is 1. The Hall–Kier alpha value is -3.12. The molecule has 0 aromatic heterocycles. The summed E-state index contributed by atoms with van der Waals surface area (Å²) in [5, 5.41) is 0. The molecular weight excluding hydrogens is 344 g/mol. The van der Waals surface area contributed by atoms with Gasteiger partial charge in [-0.1, -0.05) is 45.0 Å². The Morgan fingerprint density at radius 1 is 1.19 bits per heavy atom. The van der Waals surface area contributed by atoms with Gasteiger partial charge < -0.3 is 9.47 Å². The molecule has 1 amide bonds. The molecule has 0 aliphatic carbocycles.